The van der Waals surface area contributed by atoms with Crippen molar-refractivity contribution in [1.82, 2.24) is 14.5 Å². The van der Waals surface area contributed by atoms with Crippen molar-refractivity contribution in [1.29, 1.82) is 0 Å². The molecule has 0 aliphatic carbocycles. The highest BCUT2D eigenvalue weighted by Crippen LogP contribution is 2.29. The van der Waals surface area contributed by atoms with Crippen molar-refractivity contribution in [2.75, 3.05) is 25.0 Å². The number of ether oxygens (including phenoxy) is 1. The van der Waals surface area contributed by atoms with E-state index in [1.165, 1.54) is 9.47 Å². The summed E-state index contributed by atoms with van der Waals surface area (Å²) in [5.41, 5.74) is 1.09. The van der Waals surface area contributed by atoms with E-state index in [2.05, 4.69) is 10.3 Å². The minimum Gasteiger partial charge on any atom is -0.465 e. The average molecular weight is 455 g/mol. The van der Waals surface area contributed by atoms with Crippen molar-refractivity contribution in [3.63, 3.8) is 0 Å². The molecule has 1 aromatic carbocycles. The molecular weight excluding hydrogens is 431 g/mol. The van der Waals surface area contributed by atoms with E-state index >= 15 is 0 Å². The van der Waals surface area contributed by atoms with Gasteiger partial charge in [0, 0.05) is 30.8 Å². The van der Waals surface area contributed by atoms with Gasteiger partial charge in [0.15, 0.2) is 0 Å². The third-order valence-electron chi connectivity index (χ3n) is 5.12. The van der Waals surface area contributed by atoms with Crippen LogP contribution in [0.2, 0.25) is 10.0 Å². The Morgan fingerprint density at radius 1 is 1.33 bits per heavy atom. The van der Waals surface area contributed by atoms with Crippen LogP contribution < -0.4 is 10.9 Å². The number of rotatable bonds is 6. The van der Waals surface area contributed by atoms with Gasteiger partial charge >= 0.3 is 6.09 Å². The van der Waals surface area contributed by atoms with E-state index in [0.29, 0.717) is 40.1 Å². The zero-order valence-electron chi connectivity index (χ0n) is 17.0. The Morgan fingerprint density at radius 3 is 2.67 bits per heavy atom. The molecule has 3 rings (SSSR count). The van der Waals surface area contributed by atoms with Gasteiger partial charge in [0.2, 0.25) is 0 Å². The van der Waals surface area contributed by atoms with E-state index in [4.69, 9.17) is 27.9 Å². The van der Waals surface area contributed by atoms with Gasteiger partial charge < -0.3 is 20.1 Å². The number of amides is 1. The number of carbonyl (C=O) groups is 1. The van der Waals surface area contributed by atoms with Crippen LogP contribution >= 0.6 is 23.2 Å². The molecule has 0 unspecified atom stereocenters. The first-order valence-electron chi connectivity index (χ1n) is 9.68. The van der Waals surface area contributed by atoms with Crippen molar-refractivity contribution in [3.05, 3.63) is 44.3 Å². The molecular formula is C20H24Cl2N4O4. The lowest BCUT2D eigenvalue weighted by Crippen LogP contribution is -2.37. The number of nitrogens with zero attached hydrogens (tertiary/aromatic N) is 3. The SMILES string of the molecule is CCO[C@H]1CN(C(=O)O)C[C@H]1Nc1c(CC)nc(-c2ccc(Cl)cc2Cl)c(=O)n1C. The Hall–Kier alpha value is -2.29. The van der Waals surface area contributed by atoms with Crippen LogP contribution in [-0.4, -0.2) is 57.5 Å². The maximum absolute atomic E-state index is 13.1. The van der Waals surface area contributed by atoms with Crippen LogP contribution in [0.15, 0.2) is 23.0 Å². The highest BCUT2D eigenvalue weighted by molar-refractivity contribution is 6.36. The predicted octanol–water partition coefficient (Wildman–Crippen LogP) is 3.50. The number of nitrogens with one attached hydrogen (secondary N) is 1. The van der Waals surface area contributed by atoms with Crippen molar-refractivity contribution in [2.45, 2.75) is 32.4 Å². The second kappa shape index (κ2) is 9.24. The maximum Gasteiger partial charge on any atom is 0.407 e. The first-order valence-corrected chi connectivity index (χ1v) is 10.4. The Bertz CT molecular complexity index is 1010. The molecule has 162 valence electrons. The van der Waals surface area contributed by atoms with E-state index in [-0.39, 0.29) is 36.5 Å². The largest absolute Gasteiger partial charge is 0.465 e. The minimum absolute atomic E-state index is 0.238. The van der Waals surface area contributed by atoms with Gasteiger partial charge in [-0.1, -0.05) is 30.1 Å². The van der Waals surface area contributed by atoms with Gasteiger partial charge in [-0.05, 0) is 31.5 Å². The molecule has 1 aliphatic rings. The summed E-state index contributed by atoms with van der Waals surface area (Å²) in [6.07, 6.45) is -0.765. The normalized spacial score (nSPS) is 18.6. The number of likely N-dealkylation sites (tertiary alicyclic amines) is 1. The van der Waals surface area contributed by atoms with Crippen molar-refractivity contribution in [3.8, 4) is 11.3 Å². The lowest BCUT2D eigenvalue weighted by atomic mass is 10.1. The number of benzene rings is 1. The summed E-state index contributed by atoms with van der Waals surface area (Å²) in [7, 11) is 1.65. The fourth-order valence-corrected chi connectivity index (χ4v) is 4.10. The molecule has 1 fully saturated rings. The summed E-state index contributed by atoms with van der Waals surface area (Å²) in [6.45, 7) is 4.77. The molecule has 2 atom stereocenters. The van der Waals surface area contributed by atoms with Crippen LogP contribution in [0.5, 0.6) is 0 Å². The van der Waals surface area contributed by atoms with Crippen molar-refractivity contribution in [2.24, 2.45) is 7.05 Å². The van der Waals surface area contributed by atoms with Gasteiger partial charge in [-0.15, -0.1) is 0 Å². The molecule has 0 spiro atoms. The summed E-state index contributed by atoms with van der Waals surface area (Å²) < 4.78 is 7.21. The lowest BCUT2D eigenvalue weighted by Gasteiger charge is -2.24. The Kier molecular flexibility index (Phi) is 6.90. The number of aryl methyl sites for hydroxylation is 1. The van der Waals surface area contributed by atoms with Crippen LogP contribution in [0.1, 0.15) is 19.5 Å². The second-order valence-corrected chi connectivity index (χ2v) is 7.87. The fraction of sp³-hybridized carbons (Fsp3) is 0.450. The summed E-state index contributed by atoms with van der Waals surface area (Å²) in [6, 6.07) is 4.60. The average Bonchev–Trinajstić information content (AvgIpc) is 3.10. The molecule has 10 heteroatoms. The first-order chi connectivity index (χ1) is 14.3. The van der Waals surface area contributed by atoms with Crippen molar-refractivity contribution < 1.29 is 14.6 Å². The molecule has 1 amide bonds. The number of aromatic nitrogens is 2. The number of hydrogen-bond donors (Lipinski definition) is 2. The van der Waals surface area contributed by atoms with Crippen LogP contribution in [-0.2, 0) is 18.2 Å². The Labute approximate surface area is 184 Å². The third-order valence-corrected chi connectivity index (χ3v) is 5.67. The van der Waals surface area contributed by atoms with Crippen molar-refractivity contribution >= 4 is 35.1 Å². The zero-order valence-corrected chi connectivity index (χ0v) is 18.5. The Balaban J connectivity index is 2.01. The van der Waals surface area contributed by atoms with Crippen LogP contribution in [0.25, 0.3) is 11.3 Å². The summed E-state index contributed by atoms with van der Waals surface area (Å²) in [5.74, 6) is 0.540. The second-order valence-electron chi connectivity index (χ2n) is 7.03. The van der Waals surface area contributed by atoms with Crippen LogP contribution in [0.4, 0.5) is 10.6 Å². The fourth-order valence-electron chi connectivity index (χ4n) is 3.60. The highest BCUT2D eigenvalue weighted by atomic mass is 35.5. The molecule has 2 N–H and O–H groups in total. The highest BCUT2D eigenvalue weighted by Gasteiger charge is 2.36. The van der Waals surface area contributed by atoms with E-state index in [9.17, 15) is 14.7 Å². The van der Waals surface area contributed by atoms with Crippen LogP contribution in [0, 0.1) is 0 Å². The maximum atomic E-state index is 13.1. The van der Waals surface area contributed by atoms with Crippen LogP contribution in [0.3, 0.4) is 0 Å². The minimum atomic E-state index is -1.00. The monoisotopic (exact) mass is 454 g/mol. The van der Waals surface area contributed by atoms with E-state index in [0.717, 1.165) is 0 Å². The molecule has 1 aromatic heterocycles. The molecule has 8 nitrogen and oxygen atoms in total. The quantitative estimate of drug-likeness (QED) is 0.692. The molecule has 2 heterocycles. The smallest absolute Gasteiger partial charge is 0.407 e. The molecule has 2 aromatic rings. The molecule has 1 saturated heterocycles. The standard InChI is InChI=1S/C20H24Cl2N4O4/c1-4-14-18(24-15-9-26(20(28)29)10-16(15)30-5-2)25(3)19(27)17(23-14)12-7-6-11(21)8-13(12)22/h6-8,15-16,24H,4-5,9-10H2,1-3H3,(H,28,29)/t15-,16+/m1/s1. The van der Waals surface area contributed by atoms with E-state index in [1.807, 2.05) is 13.8 Å². The predicted molar refractivity (Wildman–Crippen MR) is 117 cm³/mol. The lowest BCUT2D eigenvalue weighted by molar-refractivity contribution is 0.0628. The van der Waals surface area contributed by atoms with Gasteiger partial charge in [0.25, 0.3) is 5.56 Å². The number of halogens is 2. The van der Waals surface area contributed by atoms with Gasteiger partial charge in [-0.3, -0.25) is 9.36 Å². The molecule has 30 heavy (non-hydrogen) atoms. The number of anilines is 1. The summed E-state index contributed by atoms with van der Waals surface area (Å²) in [5, 5.41) is 13.5. The van der Waals surface area contributed by atoms with Gasteiger partial charge in [0.05, 0.1) is 29.4 Å². The van der Waals surface area contributed by atoms with Gasteiger partial charge in [0.1, 0.15) is 11.5 Å². The number of hydrogen-bond acceptors (Lipinski definition) is 5. The summed E-state index contributed by atoms with van der Waals surface area (Å²) in [4.78, 5) is 30.4. The Morgan fingerprint density at radius 2 is 2.07 bits per heavy atom. The van der Waals surface area contributed by atoms with E-state index < -0.39 is 6.09 Å². The number of carboxylic acid groups (broad SMARTS) is 1. The first kappa shape index (κ1) is 22.4. The molecule has 0 bridgehead atoms. The molecule has 0 saturated carbocycles. The van der Waals surface area contributed by atoms with Gasteiger partial charge in [-0.25, -0.2) is 9.78 Å². The molecule has 1 aliphatic heterocycles. The topological polar surface area (TPSA) is 96.7 Å². The zero-order chi connectivity index (χ0) is 22.0. The molecule has 0 radical (unpaired) electrons. The summed E-state index contributed by atoms with van der Waals surface area (Å²) >= 11 is 12.3. The van der Waals surface area contributed by atoms with Gasteiger partial charge in [-0.2, -0.15) is 0 Å². The van der Waals surface area contributed by atoms with E-state index in [1.54, 1.807) is 25.2 Å². The third kappa shape index (κ3) is 4.40.